The smallest absolute Gasteiger partial charge is 0.290 e. The second-order valence-electron chi connectivity index (χ2n) is 4.87. The minimum atomic E-state index is -0.933. The molecule has 2 nitrogen and oxygen atoms in total. The molecule has 0 fully saturated rings. The van der Waals surface area contributed by atoms with Gasteiger partial charge >= 0.3 is 0 Å². The van der Waals surface area contributed by atoms with Crippen LogP contribution in [0.3, 0.4) is 0 Å². The maximum atomic E-state index is 5.99. The highest BCUT2D eigenvalue weighted by atomic mass is 79.9. The molecule has 0 spiro atoms. The van der Waals surface area contributed by atoms with Crippen LogP contribution in [0, 0.1) is 13.8 Å². The van der Waals surface area contributed by atoms with Gasteiger partial charge in [-0.25, -0.2) is 0 Å². The molecule has 2 aromatic rings. The molecule has 2 aromatic carbocycles. The average Bonchev–Trinajstić information content (AvgIpc) is 2.44. The van der Waals surface area contributed by atoms with Crippen LogP contribution in [0.2, 0.25) is 0 Å². The number of rotatable bonds is 6. The van der Waals surface area contributed by atoms with Gasteiger partial charge in [-0.15, -0.1) is 17.0 Å². The molecule has 0 bridgehead atoms. The van der Waals surface area contributed by atoms with Gasteiger partial charge in [0.25, 0.3) is 8.38 Å². The Bertz CT molecular complexity index is 478. The molecular formula is C17H22BrO2P. The number of halogens is 1. The van der Waals surface area contributed by atoms with Gasteiger partial charge in [0.15, 0.2) is 0 Å². The predicted octanol–water partition coefficient (Wildman–Crippen LogP) is 6.06. The topological polar surface area (TPSA) is 18.5 Å². The maximum absolute atomic E-state index is 5.99. The SMILES string of the molecule is Br.CCCP(Oc1ccc(C)cc1)Oc1ccc(C)cc1. The molecule has 0 radical (unpaired) electrons. The molecule has 0 saturated carbocycles. The summed E-state index contributed by atoms with van der Waals surface area (Å²) in [7, 11) is -0.933. The lowest BCUT2D eigenvalue weighted by molar-refractivity contribution is 0.488. The fraction of sp³-hybridized carbons (Fsp3) is 0.294. The van der Waals surface area contributed by atoms with Crippen LogP contribution in [0.4, 0.5) is 0 Å². The van der Waals surface area contributed by atoms with Crippen LogP contribution in [-0.2, 0) is 0 Å². The Balaban J connectivity index is 0.00000220. The summed E-state index contributed by atoms with van der Waals surface area (Å²) < 4.78 is 12.0. The van der Waals surface area contributed by atoms with Crippen LogP contribution in [0.15, 0.2) is 48.5 Å². The van der Waals surface area contributed by atoms with Crippen molar-refractivity contribution in [3.63, 3.8) is 0 Å². The molecule has 0 atom stereocenters. The number of hydrogen-bond acceptors (Lipinski definition) is 2. The van der Waals surface area contributed by atoms with E-state index in [2.05, 4.69) is 45.0 Å². The van der Waals surface area contributed by atoms with Gasteiger partial charge in [-0.1, -0.05) is 42.3 Å². The van der Waals surface area contributed by atoms with Gasteiger partial charge in [-0.05, 0) is 44.5 Å². The standard InChI is InChI=1S/C17H21O2P.BrH/c1-4-13-20(18-16-9-5-14(2)6-10-16)19-17-11-7-15(3)8-12-17;/h5-12H,4,13H2,1-3H3;1H. The molecule has 0 saturated heterocycles. The third kappa shape index (κ3) is 6.07. The summed E-state index contributed by atoms with van der Waals surface area (Å²) in [6.45, 7) is 6.29. The Hall–Kier alpha value is -1.05. The van der Waals surface area contributed by atoms with Crippen molar-refractivity contribution < 1.29 is 9.05 Å². The van der Waals surface area contributed by atoms with Gasteiger partial charge in [-0.2, -0.15) is 0 Å². The van der Waals surface area contributed by atoms with E-state index in [0.717, 1.165) is 24.1 Å². The van der Waals surface area contributed by atoms with E-state index in [-0.39, 0.29) is 17.0 Å². The van der Waals surface area contributed by atoms with Gasteiger partial charge in [0.2, 0.25) is 0 Å². The molecule has 0 heterocycles. The van der Waals surface area contributed by atoms with E-state index < -0.39 is 8.38 Å². The van der Waals surface area contributed by atoms with E-state index in [4.69, 9.17) is 9.05 Å². The second kappa shape index (κ2) is 9.07. The first-order chi connectivity index (χ1) is 9.67. The zero-order chi connectivity index (χ0) is 14.4. The number of benzene rings is 2. The molecule has 0 amide bonds. The van der Waals surface area contributed by atoms with Crippen molar-refractivity contribution in [3.05, 3.63) is 59.7 Å². The average molecular weight is 369 g/mol. The fourth-order valence-electron chi connectivity index (χ4n) is 1.73. The highest BCUT2D eigenvalue weighted by Gasteiger charge is 2.13. The minimum absolute atomic E-state index is 0. The summed E-state index contributed by atoms with van der Waals surface area (Å²) in [5.74, 6) is 1.75. The molecule has 0 unspecified atom stereocenters. The van der Waals surface area contributed by atoms with Crippen LogP contribution >= 0.6 is 25.4 Å². The Morgan fingerprint density at radius 1 is 0.762 bits per heavy atom. The van der Waals surface area contributed by atoms with E-state index in [1.807, 2.05) is 24.3 Å². The van der Waals surface area contributed by atoms with Gasteiger partial charge in [0.1, 0.15) is 11.5 Å². The van der Waals surface area contributed by atoms with E-state index in [0.29, 0.717) is 0 Å². The van der Waals surface area contributed by atoms with Crippen LogP contribution in [-0.4, -0.2) is 6.16 Å². The molecule has 0 aliphatic heterocycles. The van der Waals surface area contributed by atoms with E-state index >= 15 is 0 Å². The third-order valence-corrected chi connectivity index (χ3v) is 4.50. The van der Waals surface area contributed by atoms with E-state index in [9.17, 15) is 0 Å². The van der Waals surface area contributed by atoms with Crippen molar-refractivity contribution in [1.29, 1.82) is 0 Å². The Morgan fingerprint density at radius 2 is 1.14 bits per heavy atom. The lowest BCUT2D eigenvalue weighted by Crippen LogP contribution is -1.99. The second-order valence-corrected chi connectivity index (χ2v) is 6.34. The summed E-state index contributed by atoms with van der Waals surface area (Å²) in [6, 6.07) is 16.2. The van der Waals surface area contributed by atoms with Crippen LogP contribution in [0.25, 0.3) is 0 Å². The Kier molecular flexibility index (Phi) is 7.77. The monoisotopic (exact) mass is 368 g/mol. The highest BCUT2D eigenvalue weighted by molar-refractivity contribution is 8.93. The lowest BCUT2D eigenvalue weighted by Gasteiger charge is -2.18. The summed E-state index contributed by atoms with van der Waals surface area (Å²) in [4.78, 5) is 0. The van der Waals surface area contributed by atoms with Crippen molar-refractivity contribution in [2.45, 2.75) is 27.2 Å². The summed E-state index contributed by atoms with van der Waals surface area (Å²) in [5.41, 5.74) is 2.47. The number of aryl methyl sites for hydroxylation is 2. The molecule has 0 aromatic heterocycles. The van der Waals surface area contributed by atoms with E-state index in [1.54, 1.807) is 0 Å². The molecule has 0 aliphatic carbocycles. The fourth-order valence-corrected chi connectivity index (χ4v) is 3.02. The van der Waals surface area contributed by atoms with Crippen molar-refractivity contribution in [1.82, 2.24) is 0 Å². The zero-order valence-corrected chi connectivity index (χ0v) is 15.3. The molecule has 0 aliphatic rings. The first-order valence-electron chi connectivity index (χ1n) is 6.94. The minimum Gasteiger partial charge on any atom is -0.439 e. The van der Waals surface area contributed by atoms with Crippen LogP contribution in [0.5, 0.6) is 11.5 Å². The quantitative estimate of drug-likeness (QED) is 0.576. The largest absolute Gasteiger partial charge is 0.439 e. The summed E-state index contributed by atoms with van der Waals surface area (Å²) >= 11 is 0. The molecule has 21 heavy (non-hydrogen) atoms. The number of hydrogen-bond donors (Lipinski definition) is 0. The zero-order valence-electron chi connectivity index (χ0n) is 12.7. The lowest BCUT2D eigenvalue weighted by atomic mass is 10.2. The van der Waals surface area contributed by atoms with Crippen molar-refractivity contribution in [2.24, 2.45) is 0 Å². The van der Waals surface area contributed by atoms with Gasteiger partial charge in [0, 0.05) is 6.16 Å². The van der Waals surface area contributed by atoms with Gasteiger partial charge in [-0.3, -0.25) is 0 Å². The first-order valence-corrected chi connectivity index (χ1v) is 8.30. The normalized spacial score (nSPS) is 10.1. The first kappa shape index (κ1) is 18.0. The van der Waals surface area contributed by atoms with Crippen molar-refractivity contribution >= 4 is 25.4 Å². The van der Waals surface area contributed by atoms with Gasteiger partial charge < -0.3 is 9.05 Å². The van der Waals surface area contributed by atoms with E-state index in [1.165, 1.54) is 11.1 Å². The van der Waals surface area contributed by atoms with Crippen molar-refractivity contribution in [3.8, 4) is 11.5 Å². The molecule has 0 N–H and O–H groups in total. The van der Waals surface area contributed by atoms with Crippen LogP contribution < -0.4 is 9.05 Å². The Morgan fingerprint density at radius 3 is 1.48 bits per heavy atom. The summed E-state index contributed by atoms with van der Waals surface area (Å²) in [6.07, 6.45) is 1.97. The van der Waals surface area contributed by atoms with Gasteiger partial charge in [0.05, 0.1) is 0 Å². The third-order valence-electron chi connectivity index (χ3n) is 2.86. The predicted molar refractivity (Wildman–Crippen MR) is 96.0 cm³/mol. The summed E-state index contributed by atoms with van der Waals surface area (Å²) in [5, 5.41) is 0. The maximum Gasteiger partial charge on any atom is 0.290 e. The molecule has 114 valence electrons. The van der Waals surface area contributed by atoms with Crippen LogP contribution in [0.1, 0.15) is 24.5 Å². The van der Waals surface area contributed by atoms with Crippen molar-refractivity contribution in [2.75, 3.05) is 6.16 Å². The molecule has 2 rings (SSSR count). The molecular weight excluding hydrogens is 347 g/mol. The Labute approximate surface area is 139 Å². The molecule has 4 heteroatoms. The highest BCUT2D eigenvalue weighted by Crippen LogP contribution is 2.40.